The summed E-state index contributed by atoms with van der Waals surface area (Å²) in [4.78, 5) is 18.3. The number of carbonyl (C=O) groups is 1. The second-order valence-corrected chi connectivity index (χ2v) is 5.61. The van der Waals surface area contributed by atoms with Crippen LogP contribution in [0.1, 0.15) is 48.0 Å². The van der Waals surface area contributed by atoms with Gasteiger partial charge >= 0.3 is 0 Å². The Hall–Kier alpha value is -1.86. The number of rotatable bonds is 3. The Bertz CT molecular complexity index is 539. The molecule has 1 amide bonds. The summed E-state index contributed by atoms with van der Waals surface area (Å²) in [6.07, 6.45) is 9.49. The molecule has 0 atom stereocenters. The molecule has 1 aromatic rings. The highest BCUT2D eigenvalue weighted by atomic mass is 16.2. The molecule has 4 heteroatoms. The topological polar surface area (TPSA) is 53.4 Å². The number of hydrogen-bond acceptors (Lipinski definition) is 3. The average Bonchev–Trinajstić information content (AvgIpc) is 2.53. The third kappa shape index (κ3) is 4.57. The van der Waals surface area contributed by atoms with E-state index in [0.29, 0.717) is 17.0 Å². The highest BCUT2D eigenvalue weighted by Crippen LogP contribution is 2.24. The fourth-order valence-electron chi connectivity index (χ4n) is 2.83. The lowest BCUT2D eigenvalue weighted by molar-refractivity contribution is 0.0760. The van der Waals surface area contributed by atoms with Crippen molar-refractivity contribution in [2.24, 2.45) is 5.92 Å². The number of aliphatic hydroxyl groups excluding tert-OH is 1. The van der Waals surface area contributed by atoms with Crippen LogP contribution in [0.2, 0.25) is 0 Å². The maximum absolute atomic E-state index is 12.4. The van der Waals surface area contributed by atoms with Crippen molar-refractivity contribution >= 4 is 5.91 Å². The van der Waals surface area contributed by atoms with Crippen LogP contribution in [0.15, 0.2) is 18.5 Å². The zero-order valence-electron chi connectivity index (χ0n) is 12.5. The minimum atomic E-state index is -0.195. The maximum Gasteiger partial charge on any atom is 0.255 e. The first-order valence-electron chi connectivity index (χ1n) is 7.51. The van der Waals surface area contributed by atoms with Crippen LogP contribution >= 0.6 is 0 Å². The van der Waals surface area contributed by atoms with E-state index >= 15 is 0 Å². The fraction of sp³-hybridized carbons (Fsp3) is 0.529. The molecular weight excluding hydrogens is 264 g/mol. The minimum Gasteiger partial charge on any atom is -0.384 e. The van der Waals surface area contributed by atoms with E-state index in [1.54, 1.807) is 23.4 Å². The third-order valence-corrected chi connectivity index (χ3v) is 3.90. The molecule has 21 heavy (non-hydrogen) atoms. The normalized spacial score (nSPS) is 15.1. The highest BCUT2D eigenvalue weighted by molar-refractivity contribution is 5.94. The predicted molar refractivity (Wildman–Crippen MR) is 81.7 cm³/mol. The summed E-state index contributed by atoms with van der Waals surface area (Å²) < 4.78 is 0. The van der Waals surface area contributed by atoms with Gasteiger partial charge in [0.1, 0.15) is 6.61 Å². The van der Waals surface area contributed by atoms with Crippen molar-refractivity contribution in [3.8, 4) is 11.8 Å². The van der Waals surface area contributed by atoms with E-state index in [0.717, 1.165) is 6.54 Å². The molecule has 1 saturated carbocycles. The Kier molecular flexibility index (Phi) is 5.77. The Balaban J connectivity index is 2.01. The molecule has 2 rings (SSSR count). The van der Waals surface area contributed by atoms with Crippen LogP contribution in [0.4, 0.5) is 0 Å². The van der Waals surface area contributed by atoms with Crippen molar-refractivity contribution in [3.05, 3.63) is 29.6 Å². The minimum absolute atomic E-state index is 0.0132. The first kappa shape index (κ1) is 15.5. The molecule has 0 aromatic carbocycles. The van der Waals surface area contributed by atoms with Gasteiger partial charge in [-0.25, -0.2) is 0 Å². The number of pyridine rings is 1. The van der Waals surface area contributed by atoms with Gasteiger partial charge in [-0.15, -0.1) is 0 Å². The largest absolute Gasteiger partial charge is 0.384 e. The monoisotopic (exact) mass is 286 g/mol. The molecular formula is C17H22N2O2. The second-order valence-electron chi connectivity index (χ2n) is 5.61. The summed E-state index contributed by atoms with van der Waals surface area (Å²) in [6, 6.07) is 1.73. The van der Waals surface area contributed by atoms with Crippen molar-refractivity contribution in [1.82, 2.24) is 9.88 Å². The van der Waals surface area contributed by atoms with Crippen LogP contribution in [-0.2, 0) is 0 Å². The Morgan fingerprint density at radius 2 is 2.14 bits per heavy atom. The van der Waals surface area contributed by atoms with Gasteiger partial charge in [-0.1, -0.05) is 31.1 Å². The standard InChI is InChI=1S/C17H22N2O2/c1-19(13-14-6-3-2-4-7-14)17(21)16-10-15(8-5-9-20)11-18-12-16/h10-12,14,20H,2-4,6-7,9,13H2,1H3. The number of aromatic nitrogens is 1. The molecule has 112 valence electrons. The van der Waals surface area contributed by atoms with E-state index in [2.05, 4.69) is 16.8 Å². The summed E-state index contributed by atoms with van der Waals surface area (Å²) in [5.41, 5.74) is 1.21. The van der Waals surface area contributed by atoms with E-state index in [4.69, 9.17) is 5.11 Å². The molecule has 0 saturated heterocycles. The molecule has 4 nitrogen and oxygen atoms in total. The zero-order chi connectivity index (χ0) is 15.1. The highest BCUT2D eigenvalue weighted by Gasteiger charge is 2.19. The second kappa shape index (κ2) is 7.80. The van der Waals surface area contributed by atoms with E-state index in [1.807, 2.05) is 7.05 Å². The molecule has 1 aromatic heterocycles. The lowest BCUT2D eigenvalue weighted by atomic mass is 9.89. The van der Waals surface area contributed by atoms with Crippen LogP contribution in [0, 0.1) is 17.8 Å². The van der Waals surface area contributed by atoms with Gasteiger partial charge in [0.05, 0.1) is 5.56 Å². The summed E-state index contributed by atoms with van der Waals surface area (Å²) in [7, 11) is 1.85. The Labute approximate surface area is 126 Å². The molecule has 1 aliphatic carbocycles. The van der Waals surface area contributed by atoms with Gasteiger partial charge in [0.15, 0.2) is 0 Å². The van der Waals surface area contributed by atoms with Crippen molar-refractivity contribution < 1.29 is 9.90 Å². The van der Waals surface area contributed by atoms with Crippen molar-refractivity contribution in [2.75, 3.05) is 20.2 Å². The molecule has 0 bridgehead atoms. The molecule has 0 radical (unpaired) electrons. The van der Waals surface area contributed by atoms with Gasteiger partial charge in [-0.2, -0.15) is 0 Å². The summed E-state index contributed by atoms with van der Waals surface area (Å²) in [6.45, 7) is 0.616. The molecule has 1 fully saturated rings. The quantitative estimate of drug-likeness (QED) is 0.866. The zero-order valence-corrected chi connectivity index (χ0v) is 12.5. The van der Waals surface area contributed by atoms with Gasteiger partial charge in [0, 0.05) is 31.5 Å². The summed E-state index contributed by atoms with van der Waals surface area (Å²) in [5.74, 6) is 5.95. The average molecular weight is 286 g/mol. The van der Waals surface area contributed by atoms with Crippen molar-refractivity contribution in [3.63, 3.8) is 0 Å². The number of nitrogens with zero attached hydrogens (tertiary/aromatic N) is 2. The third-order valence-electron chi connectivity index (χ3n) is 3.90. The number of hydrogen-bond donors (Lipinski definition) is 1. The van der Waals surface area contributed by atoms with Crippen LogP contribution < -0.4 is 0 Å². The fourth-order valence-corrected chi connectivity index (χ4v) is 2.83. The van der Waals surface area contributed by atoms with Gasteiger partial charge in [-0.05, 0) is 24.8 Å². The van der Waals surface area contributed by atoms with E-state index < -0.39 is 0 Å². The van der Waals surface area contributed by atoms with Crippen LogP contribution in [0.25, 0.3) is 0 Å². The Morgan fingerprint density at radius 3 is 2.86 bits per heavy atom. The SMILES string of the molecule is CN(CC1CCCCC1)C(=O)c1cncc(C#CCO)c1. The predicted octanol–water partition coefficient (Wildman–Crippen LogP) is 2.08. The first-order valence-corrected chi connectivity index (χ1v) is 7.51. The van der Waals surface area contributed by atoms with E-state index in [1.165, 1.54) is 32.1 Å². The lowest BCUT2D eigenvalue weighted by Gasteiger charge is -2.27. The number of carbonyl (C=O) groups excluding carboxylic acids is 1. The molecule has 1 N–H and O–H groups in total. The number of amides is 1. The van der Waals surface area contributed by atoms with Gasteiger partial charge in [-0.3, -0.25) is 9.78 Å². The molecule has 1 heterocycles. The molecule has 0 unspecified atom stereocenters. The van der Waals surface area contributed by atoms with Crippen LogP contribution in [0.5, 0.6) is 0 Å². The van der Waals surface area contributed by atoms with Crippen LogP contribution in [0.3, 0.4) is 0 Å². The summed E-state index contributed by atoms with van der Waals surface area (Å²) in [5, 5.41) is 8.71. The van der Waals surface area contributed by atoms with Crippen molar-refractivity contribution in [1.29, 1.82) is 0 Å². The number of aliphatic hydroxyl groups is 1. The maximum atomic E-state index is 12.4. The Morgan fingerprint density at radius 1 is 1.38 bits per heavy atom. The lowest BCUT2D eigenvalue weighted by Crippen LogP contribution is -2.32. The first-order chi connectivity index (χ1) is 10.2. The molecule has 0 spiro atoms. The van der Waals surface area contributed by atoms with Crippen molar-refractivity contribution in [2.45, 2.75) is 32.1 Å². The van der Waals surface area contributed by atoms with E-state index in [-0.39, 0.29) is 12.5 Å². The van der Waals surface area contributed by atoms with Crippen LogP contribution in [-0.4, -0.2) is 41.1 Å². The van der Waals surface area contributed by atoms with E-state index in [9.17, 15) is 4.79 Å². The van der Waals surface area contributed by atoms with Gasteiger partial charge in [0.25, 0.3) is 5.91 Å². The molecule has 0 aliphatic heterocycles. The van der Waals surface area contributed by atoms with Gasteiger partial charge in [0.2, 0.25) is 0 Å². The molecule has 1 aliphatic rings. The smallest absolute Gasteiger partial charge is 0.255 e. The summed E-state index contributed by atoms with van der Waals surface area (Å²) >= 11 is 0. The van der Waals surface area contributed by atoms with Gasteiger partial charge < -0.3 is 10.0 Å².